The Balaban J connectivity index is 1.93. The fraction of sp³-hybridized carbons (Fsp3) is 0.700. The molecule has 0 fully saturated rings. The van der Waals surface area contributed by atoms with Gasteiger partial charge in [0.15, 0.2) is 0 Å². The summed E-state index contributed by atoms with van der Waals surface area (Å²) in [7, 11) is 0. The molecule has 0 aromatic carbocycles. The zero-order valence-corrected chi connectivity index (χ0v) is 9.86. The second-order valence-electron chi connectivity index (χ2n) is 3.60. The van der Waals surface area contributed by atoms with E-state index in [9.17, 15) is 13.6 Å². The summed E-state index contributed by atoms with van der Waals surface area (Å²) in [5.74, 6) is 0.561. The monoisotopic (exact) mass is 262 g/mol. The Morgan fingerprint density at radius 3 is 3.06 bits per heavy atom. The molecule has 0 aliphatic carbocycles. The van der Waals surface area contributed by atoms with Gasteiger partial charge in [-0.1, -0.05) is 0 Å². The zero-order chi connectivity index (χ0) is 13.2. The molecule has 1 aromatic heterocycles. The molecule has 6 nitrogen and oxygen atoms in total. The van der Waals surface area contributed by atoms with Crippen molar-refractivity contribution in [1.82, 2.24) is 20.5 Å². The van der Waals surface area contributed by atoms with Crippen molar-refractivity contribution >= 4 is 5.91 Å². The standard InChI is InChI=1S/C10H16F2N4O2/c11-8(12)6-18-5-3-10(17)13-4-1-2-9-14-7-15-16-9/h7-8H,1-6H2,(H,13,17)(H,14,15,16). The van der Waals surface area contributed by atoms with Crippen molar-refractivity contribution in [3.63, 3.8) is 0 Å². The summed E-state index contributed by atoms with van der Waals surface area (Å²) < 4.78 is 28.0. The van der Waals surface area contributed by atoms with Gasteiger partial charge in [0.2, 0.25) is 5.91 Å². The minimum atomic E-state index is -2.49. The Kier molecular flexibility index (Phi) is 6.85. The first-order valence-corrected chi connectivity index (χ1v) is 5.65. The molecule has 0 radical (unpaired) electrons. The number of H-pyrrole nitrogens is 1. The number of rotatable bonds is 9. The third-order valence-electron chi connectivity index (χ3n) is 2.09. The van der Waals surface area contributed by atoms with Crippen LogP contribution in [0.15, 0.2) is 6.33 Å². The lowest BCUT2D eigenvalue weighted by molar-refractivity contribution is -0.122. The van der Waals surface area contributed by atoms with Gasteiger partial charge in [-0.2, -0.15) is 5.10 Å². The Bertz CT molecular complexity index is 333. The lowest BCUT2D eigenvalue weighted by Crippen LogP contribution is -2.26. The van der Waals surface area contributed by atoms with E-state index in [0.29, 0.717) is 13.0 Å². The maximum absolute atomic E-state index is 11.7. The molecule has 102 valence electrons. The first-order chi connectivity index (χ1) is 8.68. The molecule has 0 bridgehead atoms. The first-order valence-electron chi connectivity index (χ1n) is 5.65. The molecule has 0 unspecified atom stereocenters. The summed E-state index contributed by atoms with van der Waals surface area (Å²) in [6, 6.07) is 0. The number of hydrogen-bond donors (Lipinski definition) is 2. The molecule has 2 N–H and O–H groups in total. The van der Waals surface area contributed by atoms with Crippen molar-refractivity contribution in [2.24, 2.45) is 0 Å². The van der Waals surface area contributed by atoms with Crippen LogP contribution in [0.1, 0.15) is 18.7 Å². The number of aryl methyl sites for hydroxylation is 1. The number of aromatic nitrogens is 3. The molecule has 8 heteroatoms. The van der Waals surface area contributed by atoms with E-state index < -0.39 is 13.0 Å². The van der Waals surface area contributed by atoms with E-state index in [1.54, 1.807) is 0 Å². The SMILES string of the molecule is O=C(CCOCC(F)F)NCCCc1ncn[nH]1. The van der Waals surface area contributed by atoms with Crippen LogP contribution in [0.4, 0.5) is 8.78 Å². The normalized spacial score (nSPS) is 10.8. The highest BCUT2D eigenvalue weighted by molar-refractivity contribution is 5.75. The minimum Gasteiger partial charge on any atom is -0.375 e. The Morgan fingerprint density at radius 1 is 1.56 bits per heavy atom. The van der Waals surface area contributed by atoms with Crippen LogP contribution < -0.4 is 5.32 Å². The van der Waals surface area contributed by atoms with Crippen molar-refractivity contribution in [2.75, 3.05) is 19.8 Å². The number of amides is 1. The predicted octanol–water partition coefficient (Wildman–Crippen LogP) is 0.525. The van der Waals surface area contributed by atoms with Crippen LogP contribution in [-0.4, -0.2) is 47.3 Å². The van der Waals surface area contributed by atoms with Gasteiger partial charge in [0.1, 0.15) is 18.8 Å². The first kappa shape index (κ1) is 14.5. The summed E-state index contributed by atoms with van der Waals surface area (Å²) >= 11 is 0. The predicted molar refractivity (Wildman–Crippen MR) is 59.2 cm³/mol. The molecule has 1 heterocycles. The number of nitrogens with one attached hydrogen (secondary N) is 2. The molecule has 1 aromatic rings. The van der Waals surface area contributed by atoms with Crippen LogP contribution in [0, 0.1) is 0 Å². The van der Waals surface area contributed by atoms with Gasteiger partial charge in [-0.3, -0.25) is 9.89 Å². The largest absolute Gasteiger partial charge is 0.375 e. The fourth-order valence-electron chi connectivity index (χ4n) is 1.26. The highest BCUT2D eigenvalue weighted by Crippen LogP contribution is 1.94. The number of carbonyl (C=O) groups is 1. The summed E-state index contributed by atoms with van der Waals surface area (Å²) in [4.78, 5) is 15.2. The maximum Gasteiger partial charge on any atom is 0.261 e. The number of nitrogens with zero attached hydrogens (tertiary/aromatic N) is 2. The molecule has 1 amide bonds. The van der Waals surface area contributed by atoms with Gasteiger partial charge in [0.05, 0.1) is 6.61 Å². The number of carbonyl (C=O) groups excluding carboxylic acids is 1. The average Bonchev–Trinajstić information content (AvgIpc) is 2.83. The van der Waals surface area contributed by atoms with Gasteiger partial charge in [0, 0.05) is 19.4 Å². The van der Waals surface area contributed by atoms with Gasteiger partial charge in [-0.25, -0.2) is 13.8 Å². The topological polar surface area (TPSA) is 79.9 Å². The Hall–Kier alpha value is -1.57. The zero-order valence-electron chi connectivity index (χ0n) is 9.86. The molecule has 0 spiro atoms. The van der Waals surface area contributed by atoms with E-state index in [1.807, 2.05) is 0 Å². The molecule has 0 atom stereocenters. The van der Waals surface area contributed by atoms with E-state index in [0.717, 1.165) is 12.2 Å². The van der Waals surface area contributed by atoms with Gasteiger partial charge in [0.25, 0.3) is 6.43 Å². The molecular weight excluding hydrogens is 246 g/mol. The van der Waals surface area contributed by atoms with Crippen LogP contribution in [0.25, 0.3) is 0 Å². The third kappa shape index (κ3) is 6.89. The highest BCUT2D eigenvalue weighted by atomic mass is 19.3. The molecule has 0 saturated heterocycles. The van der Waals surface area contributed by atoms with Crippen molar-refractivity contribution in [1.29, 1.82) is 0 Å². The molecule has 0 aliphatic rings. The lowest BCUT2D eigenvalue weighted by Gasteiger charge is -2.05. The van der Waals surface area contributed by atoms with Gasteiger partial charge >= 0.3 is 0 Å². The van der Waals surface area contributed by atoms with Gasteiger partial charge < -0.3 is 10.1 Å². The number of ether oxygens (including phenoxy) is 1. The summed E-state index contributed by atoms with van der Waals surface area (Å²) in [5.41, 5.74) is 0. The van der Waals surface area contributed by atoms with Crippen molar-refractivity contribution in [3.8, 4) is 0 Å². The van der Waals surface area contributed by atoms with Crippen molar-refractivity contribution < 1.29 is 18.3 Å². The average molecular weight is 262 g/mol. The lowest BCUT2D eigenvalue weighted by atomic mass is 10.3. The maximum atomic E-state index is 11.7. The van der Waals surface area contributed by atoms with Gasteiger partial charge in [-0.15, -0.1) is 0 Å². The second-order valence-corrected chi connectivity index (χ2v) is 3.60. The number of aromatic amines is 1. The second kappa shape index (κ2) is 8.51. The summed E-state index contributed by atoms with van der Waals surface area (Å²) in [6.45, 7) is -0.106. The van der Waals surface area contributed by atoms with Crippen molar-refractivity contribution in [2.45, 2.75) is 25.7 Å². The molecule has 1 rings (SSSR count). The summed E-state index contributed by atoms with van der Waals surface area (Å²) in [5, 5.41) is 9.08. The number of hydrogen-bond acceptors (Lipinski definition) is 4. The highest BCUT2D eigenvalue weighted by Gasteiger charge is 2.04. The molecule has 18 heavy (non-hydrogen) atoms. The van der Waals surface area contributed by atoms with E-state index in [-0.39, 0.29) is 18.9 Å². The van der Waals surface area contributed by atoms with Crippen LogP contribution in [0.2, 0.25) is 0 Å². The minimum absolute atomic E-state index is 0.0122. The van der Waals surface area contributed by atoms with Crippen molar-refractivity contribution in [3.05, 3.63) is 12.2 Å². The van der Waals surface area contributed by atoms with Crippen LogP contribution in [0.3, 0.4) is 0 Å². The van der Waals surface area contributed by atoms with Crippen LogP contribution in [-0.2, 0) is 16.0 Å². The van der Waals surface area contributed by atoms with E-state index >= 15 is 0 Å². The Labute approximate surface area is 103 Å². The quantitative estimate of drug-likeness (QED) is 0.636. The Morgan fingerprint density at radius 2 is 2.39 bits per heavy atom. The van der Waals surface area contributed by atoms with E-state index in [4.69, 9.17) is 0 Å². The smallest absolute Gasteiger partial charge is 0.261 e. The fourth-order valence-corrected chi connectivity index (χ4v) is 1.26. The number of alkyl halides is 2. The van der Waals surface area contributed by atoms with Crippen LogP contribution >= 0.6 is 0 Å². The third-order valence-corrected chi connectivity index (χ3v) is 2.09. The molecule has 0 aliphatic heterocycles. The van der Waals surface area contributed by atoms with E-state index in [2.05, 4.69) is 25.2 Å². The summed E-state index contributed by atoms with van der Waals surface area (Å²) in [6.07, 6.45) is 0.458. The van der Waals surface area contributed by atoms with Crippen LogP contribution in [0.5, 0.6) is 0 Å². The van der Waals surface area contributed by atoms with Gasteiger partial charge in [-0.05, 0) is 6.42 Å². The number of halogens is 2. The van der Waals surface area contributed by atoms with E-state index in [1.165, 1.54) is 6.33 Å². The molecular formula is C10H16F2N4O2. The molecule has 0 saturated carbocycles.